The lowest BCUT2D eigenvalue weighted by Gasteiger charge is -2.26. The molecular weight excluding hydrogens is 244 g/mol. The van der Waals surface area contributed by atoms with Crippen LogP contribution in [0.15, 0.2) is 24.3 Å². The van der Waals surface area contributed by atoms with E-state index in [9.17, 15) is 4.79 Å². The van der Waals surface area contributed by atoms with Gasteiger partial charge in [-0.25, -0.2) is 5.01 Å². The summed E-state index contributed by atoms with van der Waals surface area (Å²) in [4.78, 5) is 12.0. The first-order valence-electron chi connectivity index (χ1n) is 6.09. The summed E-state index contributed by atoms with van der Waals surface area (Å²) >= 11 is 0. The Balaban J connectivity index is 1.89. The fourth-order valence-corrected chi connectivity index (χ4v) is 1.71. The molecule has 1 aliphatic heterocycles. The lowest BCUT2D eigenvalue weighted by atomic mass is 10.2. The number of carbonyl (C=O) groups excluding carboxylic acids is 1. The molecule has 0 saturated carbocycles. The summed E-state index contributed by atoms with van der Waals surface area (Å²) < 4.78 is 10.5. The second-order valence-electron chi connectivity index (χ2n) is 4.06. The number of nitrogens with one attached hydrogen (secondary N) is 1. The molecule has 19 heavy (non-hydrogen) atoms. The molecule has 5 nitrogen and oxygen atoms in total. The van der Waals surface area contributed by atoms with E-state index in [0.717, 1.165) is 0 Å². The molecule has 0 aliphatic carbocycles. The Bertz CT molecular complexity index is 459. The first-order chi connectivity index (χ1) is 9.29. The monoisotopic (exact) mass is 260 g/mol. The Kier molecular flexibility index (Phi) is 4.78. The van der Waals surface area contributed by atoms with Crippen LogP contribution in [0.3, 0.4) is 0 Å². The number of benzene rings is 1. The highest BCUT2D eigenvalue weighted by Crippen LogP contribution is 2.12. The van der Waals surface area contributed by atoms with Crippen LogP contribution in [0.5, 0.6) is 5.75 Å². The second-order valence-corrected chi connectivity index (χ2v) is 4.06. The predicted molar refractivity (Wildman–Crippen MR) is 70.6 cm³/mol. The normalized spacial score (nSPS) is 15.5. The van der Waals surface area contributed by atoms with Gasteiger partial charge in [-0.05, 0) is 24.3 Å². The van der Waals surface area contributed by atoms with Crippen molar-refractivity contribution in [2.45, 2.75) is 0 Å². The number of terminal acetylenes is 1. The maximum absolute atomic E-state index is 12.0. The quantitative estimate of drug-likeness (QED) is 0.809. The van der Waals surface area contributed by atoms with Gasteiger partial charge in [0, 0.05) is 18.7 Å². The second kappa shape index (κ2) is 6.78. The molecule has 1 aromatic rings. The van der Waals surface area contributed by atoms with Crippen molar-refractivity contribution < 1.29 is 14.3 Å². The molecule has 1 aliphatic rings. The summed E-state index contributed by atoms with van der Waals surface area (Å²) in [5, 5.41) is 1.86. The third-order valence-electron chi connectivity index (χ3n) is 2.71. The van der Waals surface area contributed by atoms with Crippen LogP contribution < -0.4 is 10.2 Å². The van der Waals surface area contributed by atoms with Crippen LogP contribution in [0.2, 0.25) is 0 Å². The number of rotatable bonds is 4. The highest BCUT2D eigenvalue weighted by molar-refractivity contribution is 5.93. The van der Waals surface area contributed by atoms with Crippen molar-refractivity contribution in [2.24, 2.45) is 0 Å². The van der Waals surface area contributed by atoms with E-state index in [2.05, 4.69) is 11.3 Å². The van der Waals surface area contributed by atoms with Crippen molar-refractivity contribution in [1.29, 1.82) is 0 Å². The molecule has 0 atom stereocenters. The fourth-order valence-electron chi connectivity index (χ4n) is 1.71. The van der Waals surface area contributed by atoms with Gasteiger partial charge in [-0.1, -0.05) is 5.92 Å². The smallest absolute Gasteiger partial charge is 0.265 e. The summed E-state index contributed by atoms with van der Waals surface area (Å²) in [5.41, 5.74) is 3.42. The molecule has 1 heterocycles. The van der Waals surface area contributed by atoms with Gasteiger partial charge in [0.25, 0.3) is 5.91 Å². The summed E-state index contributed by atoms with van der Waals surface area (Å²) in [6.07, 6.45) is 5.10. The van der Waals surface area contributed by atoms with Crippen molar-refractivity contribution in [3.8, 4) is 18.1 Å². The van der Waals surface area contributed by atoms with Gasteiger partial charge in [0.15, 0.2) is 0 Å². The zero-order chi connectivity index (χ0) is 13.5. The third-order valence-corrected chi connectivity index (χ3v) is 2.71. The molecule has 0 aromatic heterocycles. The van der Waals surface area contributed by atoms with Crippen molar-refractivity contribution >= 4 is 5.91 Å². The van der Waals surface area contributed by atoms with E-state index >= 15 is 0 Å². The number of hydrogen-bond acceptors (Lipinski definition) is 4. The summed E-state index contributed by atoms with van der Waals surface area (Å²) in [6, 6.07) is 6.88. The first-order valence-corrected chi connectivity index (χ1v) is 6.09. The van der Waals surface area contributed by atoms with Crippen LogP contribution in [0.1, 0.15) is 10.4 Å². The lowest BCUT2D eigenvalue weighted by Crippen LogP contribution is -2.48. The number of hydrazine groups is 1. The SMILES string of the molecule is C#CCOc1ccc(C(=O)NN2CCOCC2)cc1. The number of ether oxygens (including phenoxy) is 2. The average molecular weight is 260 g/mol. The van der Waals surface area contributed by atoms with E-state index in [1.165, 1.54) is 0 Å². The maximum atomic E-state index is 12.0. The molecule has 1 amide bonds. The maximum Gasteiger partial charge on any atom is 0.265 e. The summed E-state index contributed by atoms with van der Waals surface area (Å²) in [6.45, 7) is 2.90. The standard InChI is InChI=1S/C14H16N2O3/c1-2-9-19-13-5-3-12(4-6-13)14(17)15-16-7-10-18-11-8-16/h1,3-6H,7-11H2,(H,15,17). The summed E-state index contributed by atoms with van der Waals surface area (Å²) in [5.74, 6) is 2.91. The van der Waals surface area contributed by atoms with Gasteiger partial charge in [-0.3, -0.25) is 10.2 Å². The fraction of sp³-hybridized carbons (Fsp3) is 0.357. The molecule has 5 heteroatoms. The van der Waals surface area contributed by atoms with Crippen LogP contribution in [0.25, 0.3) is 0 Å². The highest BCUT2D eigenvalue weighted by atomic mass is 16.5. The molecule has 1 N–H and O–H groups in total. The zero-order valence-electron chi connectivity index (χ0n) is 10.6. The Morgan fingerprint density at radius 1 is 1.37 bits per heavy atom. The van der Waals surface area contributed by atoms with Gasteiger partial charge in [0.1, 0.15) is 12.4 Å². The zero-order valence-corrected chi connectivity index (χ0v) is 10.6. The van der Waals surface area contributed by atoms with Gasteiger partial charge in [0.05, 0.1) is 13.2 Å². The van der Waals surface area contributed by atoms with Crippen molar-refractivity contribution in [2.75, 3.05) is 32.9 Å². The van der Waals surface area contributed by atoms with E-state index in [1.54, 1.807) is 24.3 Å². The molecule has 0 spiro atoms. The minimum atomic E-state index is -0.134. The van der Waals surface area contributed by atoms with E-state index in [4.69, 9.17) is 15.9 Å². The number of carbonyl (C=O) groups is 1. The Morgan fingerprint density at radius 2 is 2.05 bits per heavy atom. The molecule has 1 saturated heterocycles. The van der Waals surface area contributed by atoms with Gasteiger partial charge in [-0.15, -0.1) is 6.42 Å². The minimum Gasteiger partial charge on any atom is -0.481 e. The minimum absolute atomic E-state index is 0.134. The highest BCUT2D eigenvalue weighted by Gasteiger charge is 2.14. The molecular formula is C14H16N2O3. The van der Waals surface area contributed by atoms with E-state index < -0.39 is 0 Å². The molecule has 0 unspecified atom stereocenters. The van der Waals surface area contributed by atoms with Crippen LogP contribution in [-0.4, -0.2) is 43.8 Å². The van der Waals surface area contributed by atoms with E-state index in [1.807, 2.05) is 5.01 Å². The van der Waals surface area contributed by atoms with Gasteiger partial charge < -0.3 is 9.47 Å². The number of hydrogen-bond donors (Lipinski definition) is 1. The van der Waals surface area contributed by atoms with Crippen molar-refractivity contribution in [3.05, 3.63) is 29.8 Å². The molecule has 0 bridgehead atoms. The Hall–Kier alpha value is -2.03. The van der Waals surface area contributed by atoms with Gasteiger partial charge in [-0.2, -0.15) is 0 Å². The van der Waals surface area contributed by atoms with E-state index in [0.29, 0.717) is 37.6 Å². The predicted octanol–water partition coefficient (Wildman–Crippen LogP) is 0.676. The van der Waals surface area contributed by atoms with Crippen molar-refractivity contribution in [3.63, 3.8) is 0 Å². The molecule has 1 fully saturated rings. The summed E-state index contributed by atoms with van der Waals surface area (Å²) in [7, 11) is 0. The Labute approximate surface area is 112 Å². The van der Waals surface area contributed by atoms with Crippen LogP contribution in [0.4, 0.5) is 0 Å². The molecule has 2 rings (SSSR count). The van der Waals surface area contributed by atoms with Crippen LogP contribution in [-0.2, 0) is 4.74 Å². The van der Waals surface area contributed by atoms with Crippen LogP contribution >= 0.6 is 0 Å². The molecule has 1 aromatic carbocycles. The first kappa shape index (κ1) is 13.4. The topological polar surface area (TPSA) is 50.8 Å². The average Bonchev–Trinajstić information content (AvgIpc) is 2.46. The number of nitrogens with zero attached hydrogens (tertiary/aromatic N) is 1. The molecule has 100 valence electrons. The number of amides is 1. The van der Waals surface area contributed by atoms with Crippen molar-refractivity contribution in [1.82, 2.24) is 10.4 Å². The Morgan fingerprint density at radius 3 is 2.68 bits per heavy atom. The number of morpholine rings is 1. The van der Waals surface area contributed by atoms with Crippen LogP contribution in [0, 0.1) is 12.3 Å². The molecule has 0 radical (unpaired) electrons. The third kappa shape index (κ3) is 3.98. The van der Waals surface area contributed by atoms with E-state index in [-0.39, 0.29) is 12.5 Å². The lowest BCUT2D eigenvalue weighted by molar-refractivity contribution is 0.0126. The van der Waals surface area contributed by atoms with Gasteiger partial charge in [0.2, 0.25) is 0 Å². The largest absolute Gasteiger partial charge is 0.481 e. The van der Waals surface area contributed by atoms with Gasteiger partial charge >= 0.3 is 0 Å².